The van der Waals surface area contributed by atoms with Crippen LogP contribution in [0.5, 0.6) is 0 Å². The fraction of sp³-hybridized carbons (Fsp3) is 0.440. The lowest BCUT2D eigenvalue weighted by Crippen LogP contribution is -2.54. The van der Waals surface area contributed by atoms with E-state index in [0.29, 0.717) is 31.7 Å². The molecule has 3 N–H and O–H groups in total. The number of halogens is 3. The van der Waals surface area contributed by atoms with Gasteiger partial charge in [0.25, 0.3) is 11.8 Å². The number of amides is 5. The molecule has 0 bridgehead atoms. The van der Waals surface area contributed by atoms with Crippen LogP contribution in [0.25, 0.3) is 0 Å². The van der Waals surface area contributed by atoms with E-state index >= 15 is 0 Å². The third-order valence-electron chi connectivity index (χ3n) is 7.00. The lowest BCUT2D eigenvalue weighted by atomic mass is 10.0. The van der Waals surface area contributed by atoms with Crippen molar-refractivity contribution in [2.75, 3.05) is 36.5 Å². The number of hydrogen-bond acceptors (Lipinski definition) is 11. The van der Waals surface area contributed by atoms with Gasteiger partial charge in [-0.2, -0.15) is 13.2 Å². The van der Waals surface area contributed by atoms with Gasteiger partial charge in [-0.25, -0.2) is 17.9 Å². The van der Waals surface area contributed by atoms with Crippen LogP contribution in [0.4, 0.5) is 18.9 Å². The molecule has 2 aromatic rings. The SMILES string of the molecule is O=C(O)C(F)(F)F.O=C1CCC(N2C(=O)c3cccc(NC(=O)Cn4cc(CCN5CCS(=O)(=O)CC5)nn4)c3C2=O)C(=O)N1. The second kappa shape index (κ2) is 13.1. The summed E-state index contributed by atoms with van der Waals surface area (Å²) in [5.74, 6) is -5.54. The van der Waals surface area contributed by atoms with Crippen molar-refractivity contribution < 1.29 is 55.5 Å². The molecule has 5 rings (SSSR count). The number of nitrogens with zero attached hydrogens (tertiary/aromatic N) is 5. The van der Waals surface area contributed by atoms with Crippen molar-refractivity contribution in [1.82, 2.24) is 30.1 Å². The fourth-order valence-electron chi connectivity index (χ4n) is 4.73. The summed E-state index contributed by atoms with van der Waals surface area (Å²) in [6.45, 7) is 1.37. The molecule has 2 fully saturated rings. The number of fused-ring (bicyclic) bond motifs is 1. The van der Waals surface area contributed by atoms with Crippen LogP contribution in [-0.4, -0.2) is 117 Å². The Morgan fingerprint density at radius 2 is 1.76 bits per heavy atom. The number of imide groups is 2. The highest BCUT2D eigenvalue weighted by Gasteiger charge is 2.45. The van der Waals surface area contributed by atoms with Gasteiger partial charge in [0, 0.05) is 38.7 Å². The van der Waals surface area contributed by atoms with Gasteiger partial charge in [0.1, 0.15) is 12.6 Å². The minimum atomic E-state index is -5.08. The van der Waals surface area contributed by atoms with Crippen molar-refractivity contribution in [2.45, 2.75) is 38.0 Å². The quantitative estimate of drug-likeness (QED) is 0.313. The summed E-state index contributed by atoms with van der Waals surface area (Å²) in [5.41, 5.74) is 0.818. The summed E-state index contributed by atoms with van der Waals surface area (Å²) >= 11 is 0. The molecule has 2 saturated heterocycles. The summed E-state index contributed by atoms with van der Waals surface area (Å²) < 4.78 is 56.2. The van der Waals surface area contributed by atoms with E-state index in [4.69, 9.17) is 9.90 Å². The summed E-state index contributed by atoms with van der Waals surface area (Å²) in [6, 6.07) is 3.35. The number of hydrogen-bond donors (Lipinski definition) is 3. The monoisotopic (exact) mass is 657 g/mol. The number of rotatable bonds is 7. The van der Waals surface area contributed by atoms with Gasteiger partial charge in [-0.05, 0) is 18.6 Å². The highest BCUT2D eigenvalue weighted by Crippen LogP contribution is 2.32. The summed E-state index contributed by atoms with van der Waals surface area (Å²) in [4.78, 5) is 74.4. The number of piperidine rings is 1. The molecule has 45 heavy (non-hydrogen) atoms. The number of nitrogens with one attached hydrogen (secondary N) is 2. The third-order valence-corrected chi connectivity index (χ3v) is 8.61. The number of carboxylic acids is 1. The van der Waals surface area contributed by atoms with Gasteiger partial charge in [0.15, 0.2) is 9.84 Å². The van der Waals surface area contributed by atoms with Gasteiger partial charge in [-0.15, -0.1) is 5.10 Å². The van der Waals surface area contributed by atoms with E-state index in [9.17, 15) is 45.6 Å². The van der Waals surface area contributed by atoms with E-state index in [1.807, 2.05) is 4.90 Å². The molecule has 242 valence electrons. The van der Waals surface area contributed by atoms with Gasteiger partial charge in [0.05, 0.1) is 34.0 Å². The Labute approximate surface area is 252 Å². The third kappa shape index (κ3) is 8.06. The largest absolute Gasteiger partial charge is 0.490 e. The lowest BCUT2D eigenvalue weighted by molar-refractivity contribution is -0.192. The molecule has 5 amide bonds. The van der Waals surface area contributed by atoms with E-state index in [1.54, 1.807) is 6.20 Å². The fourth-order valence-corrected chi connectivity index (χ4v) is 6.01. The predicted octanol–water partition coefficient (Wildman–Crippen LogP) is -0.776. The number of aromatic nitrogens is 3. The van der Waals surface area contributed by atoms with Crippen molar-refractivity contribution >= 4 is 51.0 Å². The molecule has 20 heteroatoms. The van der Waals surface area contributed by atoms with Crippen LogP contribution in [0.2, 0.25) is 0 Å². The molecule has 3 aliphatic heterocycles. The van der Waals surface area contributed by atoms with Gasteiger partial charge in [-0.3, -0.25) is 34.2 Å². The highest BCUT2D eigenvalue weighted by molar-refractivity contribution is 7.91. The molecule has 1 aromatic heterocycles. The minimum absolute atomic E-state index is 0.00718. The van der Waals surface area contributed by atoms with E-state index in [-0.39, 0.29) is 47.7 Å². The molecular weight excluding hydrogens is 631 g/mol. The normalized spacial score (nSPS) is 19.8. The Bertz CT molecular complexity index is 1640. The van der Waals surface area contributed by atoms with Crippen LogP contribution in [0, 0.1) is 0 Å². The number of benzene rings is 1. The molecule has 3 aliphatic rings. The number of aliphatic carboxylic acids is 1. The standard InChI is InChI=1S/C23H25N7O7S.C2HF3O2/c31-18-5-4-17(21(33)25-18)30-22(34)15-2-1-3-16(20(15)23(30)35)24-19(32)13-29-12-14(26-27-29)6-7-28-8-10-38(36,37)11-9-28;3-2(4,5)1(6)7/h1-3,12,17H,4-11,13H2,(H,24,32)(H,25,31,33);(H,6,7). The molecular formula is C25H26F3N7O9S. The summed E-state index contributed by atoms with van der Waals surface area (Å²) in [6.07, 6.45) is -2.88. The molecule has 0 aliphatic carbocycles. The number of sulfone groups is 1. The zero-order valence-electron chi connectivity index (χ0n) is 23.2. The maximum atomic E-state index is 13.2. The Hall–Kier alpha value is -4.72. The van der Waals surface area contributed by atoms with Crippen LogP contribution in [0.3, 0.4) is 0 Å². The molecule has 4 heterocycles. The summed E-state index contributed by atoms with van der Waals surface area (Å²) in [5, 5.41) is 19.9. The van der Waals surface area contributed by atoms with E-state index < -0.39 is 57.6 Å². The Balaban J connectivity index is 0.000000591. The number of carbonyl (C=O) groups excluding carboxylic acids is 5. The zero-order chi connectivity index (χ0) is 33.1. The first kappa shape index (κ1) is 33.2. The molecule has 1 unspecified atom stereocenters. The first-order chi connectivity index (χ1) is 21.1. The molecule has 0 saturated carbocycles. The van der Waals surface area contributed by atoms with E-state index in [1.165, 1.54) is 22.9 Å². The summed E-state index contributed by atoms with van der Waals surface area (Å²) in [7, 11) is -2.95. The van der Waals surface area contributed by atoms with Gasteiger partial charge in [0.2, 0.25) is 17.7 Å². The first-order valence-electron chi connectivity index (χ1n) is 13.3. The van der Waals surface area contributed by atoms with Gasteiger partial charge >= 0.3 is 12.1 Å². The molecule has 1 aromatic carbocycles. The second-order valence-corrected chi connectivity index (χ2v) is 12.5. The Morgan fingerprint density at radius 1 is 1.09 bits per heavy atom. The van der Waals surface area contributed by atoms with Crippen molar-refractivity contribution in [2.24, 2.45) is 0 Å². The van der Waals surface area contributed by atoms with Crippen LogP contribution in [0.15, 0.2) is 24.4 Å². The van der Waals surface area contributed by atoms with Gasteiger partial charge in [-0.1, -0.05) is 11.3 Å². The predicted molar refractivity (Wildman–Crippen MR) is 144 cm³/mol. The average molecular weight is 658 g/mol. The van der Waals surface area contributed by atoms with Crippen LogP contribution < -0.4 is 10.6 Å². The number of carbonyl (C=O) groups is 6. The highest BCUT2D eigenvalue weighted by atomic mass is 32.2. The van der Waals surface area contributed by atoms with Crippen molar-refractivity contribution in [3.63, 3.8) is 0 Å². The van der Waals surface area contributed by atoms with Crippen molar-refractivity contribution in [3.05, 3.63) is 41.2 Å². The first-order valence-corrected chi connectivity index (χ1v) is 15.1. The van der Waals surface area contributed by atoms with Crippen molar-refractivity contribution in [3.8, 4) is 0 Å². The Morgan fingerprint density at radius 3 is 2.38 bits per heavy atom. The lowest BCUT2D eigenvalue weighted by Gasteiger charge is -2.27. The van der Waals surface area contributed by atoms with E-state index in [2.05, 4.69) is 20.9 Å². The molecule has 0 spiro atoms. The second-order valence-electron chi connectivity index (χ2n) is 10.2. The topological polar surface area (TPSA) is 218 Å². The molecule has 0 radical (unpaired) electrons. The van der Waals surface area contributed by atoms with Gasteiger partial charge < -0.3 is 15.3 Å². The maximum Gasteiger partial charge on any atom is 0.490 e. The zero-order valence-corrected chi connectivity index (χ0v) is 24.1. The van der Waals surface area contributed by atoms with Crippen LogP contribution >= 0.6 is 0 Å². The van der Waals surface area contributed by atoms with Crippen LogP contribution in [0.1, 0.15) is 39.3 Å². The van der Waals surface area contributed by atoms with Crippen molar-refractivity contribution in [1.29, 1.82) is 0 Å². The smallest absolute Gasteiger partial charge is 0.475 e. The molecule has 1 atom stereocenters. The maximum absolute atomic E-state index is 13.2. The number of anilines is 1. The minimum Gasteiger partial charge on any atom is -0.475 e. The number of carboxylic acid groups (broad SMARTS) is 1. The number of alkyl halides is 3. The molecule has 16 nitrogen and oxygen atoms in total. The average Bonchev–Trinajstić information content (AvgIpc) is 3.50. The van der Waals surface area contributed by atoms with E-state index in [0.717, 1.165) is 4.90 Å². The Kier molecular flexibility index (Phi) is 9.66. The van der Waals surface area contributed by atoms with Crippen LogP contribution in [-0.2, 0) is 42.0 Å².